The Labute approximate surface area is 394 Å². The minimum absolute atomic E-state index is 0. The van der Waals surface area contributed by atoms with Crippen molar-refractivity contribution in [1.82, 2.24) is 19.3 Å². The molecule has 0 atom stereocenters. The third-order valence-corrected chi connectivity index (χ3v) is 12.6. The monoisotopic (exact) mass is 1060 g/mol. The van der Waals surface area contributed by atoms with Gasteiger partial charge in [-0.05, 0) is 57.3 Å². The maximum atomic E-state index is 16.1. The number of nitrogens with zero attached hydrogens (tertiary/aromatic N) is 5. The molecule has 3 aromatic heterocycles. The normalized spacial score (nSPS) is 13.5. The molecule has 11 heteroatoms. The number of hydrogen-bond acceptors (Lipinski definition) is 3. The third kappa shape index (κ3) is 6.90. The van der Waals surface area contributed by atoms with Crippen LogP contribution in [0.1, 0.15) is 77.8 Å². The summed E-state index contributed by atoms with van der Waals surface area (Å²) in [5.41, 5.74) is 5.46. The molecule has 0 amide bonds. The minimum Gasteiger partial charge on any atom is -0.358 e. The van der Waals surface area contributed by atoms with E-state index in [1.807, 2.05) is 54.7 Å². The number of hydrogen-bond donors (Lipinski definition) is 0. The summed E-state index contributed by atoms with van der Waals surface area (Å²) in [6, 6.07) is 44.7. The van der Waals surface area contributed by atoms with Crippen molar-refractivity contribution in [3.63, 3.8) is 0 Å². The summed E-state index contributed by atoms with van der Waals surface area (Å²) >= 11 is 0. The van der Waals surface area contributed by atoms with Crippen LogP contribution in [0.25, 0.3) is 55.7 Å². The Morgan fingerprint density at radius 1 is 0.591 bits per heavy atom. The van der Waals surface area contributed by atoms with Crippen LogP contribution in [-0.4, -0.2) is 19.3 Å². The van der Waals surface area contributed by atoms with E-state index in [0.717, 1.165) is 50.0 Å². The molecule has 4 heterocycles. The van der Waals surface area contributed by atoms with Crippen LogP contribution in [0.15, 0.2) is 121 Å². The van der Waals surface area contributed by atoms with Gasteiger partial charge in [0.2, 0.25) is 5.82 Å². The quantitative estimate of drug-likeness (QED) is 0.0746. The first-order valence-electron chi connectivity index (χ1n) is 21.5. The van der Waals surface area contributed by atoms with Gasteiger partial charge in [-0.2, -0.15) is 17.2 Å². The Kier molecular flexibility index (Phi) is 10.8. The number of para-hydroxylation sites is 2. The molecule has 0 saturated heterocycles. The fourth-order valence-corrected chi connectivity index (χ4v) is 9.29. The summed E-state index contributed by atoms with van der Waals surface area (Å²) in [5, 5.41) is 7.05. The van der Waals surface area contributed by atoms with Crippen molar-refractivity contribution < 1.29 is 43.0 Å². The molecule has 5 nitrogen and oxygen atoms in total. The van der Waals surface area contributed by atoms with Crippen LogP contribution in [0, 0.1) is 41.2 Å². The maximum Gasteiger partial charge on any atom is 2.00 e. The average molecular weight is 1070 g/mol. The molecule has 1 aliphatic heterocycles. The Hall–Kier alpha value is -6.38. The van der Waals surface area contributed by atoms with Gasteiger partial charge in [0.15, 0.2) is 23.3 Å². The number of benzene rings is 6. The van der Waals surface area contributed by atoms with Gasteiger partial charge in [0, 0.05) is 33.9 Å². The van der Waals surface area contributed by atoms with Crippen molar-refractivity contribution in [2.45, 2.75) is 71.6 Å². The molecule has 0 N–H and O–H groups in total. The molecule has 10 rings (SSSR count). The van der Waals surface area contributed by atoms with Gasteiger partial charge in [-0.25, -0.2) is 26.9 Å². The van der Waals surface area contributed by atoms with Crippen molar-refractivity contribution in [3.05, 3.63) is 185 Å². The number of fused-ring (bicyclic) bond motifs is 5. The van der Waals surface area contributed by atoms with Gasteiger partial charge in [0.05, 0.1) is 17.0 Å². The summed E-state index contributed by atoms with van der Waals surface area (Å²) < 4.78 is 80.6. The van der Waals surface area contributed by atoms with E-state index >= 15 is 17.6 Å². The van der Waals surface area contributed by atoms with Gasteiger partial charge in [0.25, 0.3) is 0 Å². The zero-order valence-corrected chi connectivity index (χ0v) is 39.8. The van der Waals surface area contributed by atoms with Gasteiger partial charge in [0.1, 0.15) is 5.82 Å². The third-order valence-electron chi connectivity index (χ3n) is 12.6. The number of aromatic nitrogens is 4. The maximum absolute atomic E-state index is 16.1. The van der Waals surface area contributed by atoms with E-state index < -0.39 is 45.5 Å². The first-order chi connectivity index (χ1) is 30.9. The van der Waals surface area contributed by atoms with Crippen molar-refractivity contribution in [1.29, 1.82) is 0 Å². The van der Waals surface area contributed by atoms with E-state index in [0.29, 0.717) is 22.6 Å². The largest absolute Gasteiger partial charge is 2.00 e. The molecule has 9 aromatic rings. The number of rotatable bonds is 5. The summed E-state index contributed by atoms with van der Waals surface area (Å²) in [6.07, 6.45) is 1.84. The Morgan fingerprint density at radius 3 is 1.92 bits per heavy atom. The molecule has 0 radical (unpaired) electrons. The van der Waals surface area contributed by atoms with Crippen molar-refractivity contribution >= 4 is 38.9 Å². The van der Waals surface area contributed by atoms with Gasteiger partial charge in [-0.1, -0.05) is 139 Å². The average Bonchev–Trinajstić information content (AvgIpc) is 3.85. The van der Waals surface area contributed by atoms with Crippen molar-refractivity contribution in [3.8, 4) is 33.9 Å². The topological polar surface area (TPSA) is 38.9 Å². The zero-order valence-electron chi connectivity index (χ0n) is 37.5. The molecule has 0 fully saturated rings. The minimum atomic E-state index is -2.23. The van der Waals surface area contributed by atoms with Crippen LogP contribution in [-0.2, 0) is 37.3 Å². The second-order valence-corrected chi connectivity index (χ2v) is 19.2. The molecular weight excluding hydrogens is 1020 g/mol. The van der Waals surface area contributed by atoms with E-state index in [1.54, 1.807) is 51.1 Å². The first-order valence-corrected chi connectivity index (χ1v) is 21.5. The van der Waals surface area contributed by atoms with Crippen molar-refractivity contribution in [2.24, 2.45) is 0 Å². The van der Waals surface area contributed by atoms with Gasteiger partial charge >= 0.3 is 21.1 Å². The van der Waals surface area contributed by atoms with E-state index in [4.69, 9.17) is 10.1 Å². The molecule has 0 bridgehead atoms. The van der Waals surface area contributed by atoms with Crippen LogP contribution >= 0.6 is 0 Å². The summed E-state index contributed by atoms with van der Waals surface area (Å²) in [4.78, 5) is 7.00. The first kappa shape index (κ1) is 44.8. The molecule has 66 heavy (non-hydrogen) atoms. The molecule has 0 saturated carbocycles. The SMILES string of the molecule is CC(C)(C)c1ccnc(-n2c3[c-]c(N4c5[c-]c(-n6nc(C(C)(C)C)c(-c7c(F)c(F)c(F)c(F)c7F)c6-c6ccccc6)ccc5C(C)(C)c5ccccc54)ccc3c3ccccc32)c1.[Pt+2]. The van der Waals surface area contributed by atoms with Crippen molar-refractivity contribution in [2.75, 3.05) is 4.90 Å². The Morgan fingerprint density at radius 2 is 1.23 bits per heavy atom. The standard InChI is InChI=1S/C55H44F5N5.Pt/c1-53(2,3)32-26-27-61-43(28-32)64-39-20-14-12-18-35(39)36-24-22-33(29-41(36)64)63-40-21-15-13-19-37(40)55(7,8)38-25-23-34(30-42(38)63)65-51(31-16-10-9-11-17-31)45(52(62-65)54(4,5)6)44-46(56)48(58)50(60)49(59)47(44)57;/h9-28H,1-8H3;/q-2;+2. The van der Waals surface area contributed by atoms with Gasteiger partial charge < -0.3 is 9.47 Å². The van der Waals surface area contributed by atoms with E-state index in [-0.39, 0.29) is 43.4 Å². The number of halogens is 5. The summed E-state index contributed by atoms with van der Waals surface area (Å²) in [6.45, 7) is 16.2. The molecule has 6 aromatic carbocycles. The van der Waals surface area contributed by atoms with Gasteiger partial charge in [-0.15, -0.1) is 35.2 Å². The van der Waals surface area contributed by atoms with E-state index in [9.17, 15) is 4.39 Å². The second-order valence-electron chi connectivity index (χ2n) is 19.2. The Balaban J connectivity index is 0.00000548. The zero-order chi connectivity index (χ0) is 45.9. The predicted octanol–water partition coefficient (Wildman–Crippen LogP) is 14.7. The molecule has 0 aliphatic carbocycles. The van der Waals surface area contributed by atoms with Crippen LogP contribution in [0.2, 0.25) is 0 Å². The fraction of sp³-hybridized carbons (Fsp3) is 0.200. The molecule has 0 unspecified atom stereocenters. The van der Waals surface area contributed by atoms with E-state index in [1.165, 1.54) is 4.68 Å². The van der Waals surface area contributed by atoms with Crippen LogP contribution < -0.4 is 4.90 Å². The molecule has 1 aliphatic rings. The smallest absolute Gasteiger partial charge is 0.358 e. The Bertz CT molecular complexity index is 3370. The molecule has 0 spiro atoms. The van der Waals surface area contributed by atoms with Crippen LogP contribution in [0.4, 0.5) is 39.0 Å². The predicted molar refractivity (Wildman–Crippen MR) is 248 cm³/mol. The van der Waals surface area contributed by atoms with Crippen LogP contribution in [0.3, 0.4) is 0 Å². The molecule has 334 valence electrons. The number of pyridine rings is 1. The summed E-state index contributed by atoms with van der Waals surface area (Å²) in [5.74, 6) is -9.42. The fourth-order valence-electron chi connectivity index (χ4n) is 9.29. The second kappa shape index (κ2) is 15.9. The molecular formula is C55H44F5N5Pt. The van der Waals surface area contributed by atoms with Gasteiger partial charge in [-0.3, -0.25) is 4.68 Å². The number of anilines is 3. The summed E-state index contributed by atoms with van der Waals surface area (Å²) in [7, 11) is 0. The van der Waals surface area contributed by atoms with E-state index in [2.05, 4.69) is 92.6 Å². The van der Waals surface area contributed by atoms with Crippen LogP contribution in [0.5, 0.6) is 0 Å².